The highest BCUT2D eigenvalue weighted by Gasteiger charge is 2.30. The van der Waals surface area contributed by atoms with Crippen molar-refractivity contribution >= 4 is 11.6 Å². The van der Waals surface area contributed by atoms with Gasteiger partial charge in [0, 0.05) is 25.2 Å². The summed E-state index contributed by atoms with van der Waals surface area (Å²) in [5.41, 5.74) is 1.15. The minimum atomic E-state index is 0.697. The van der Waals surface area contributed by atoms with E-state index in [9.17, 15) is 0 Å². The molecule has 1 fully saturated rings. The van der Waals surface area contributed by atoms with Crippen molar-refractivity contribution < 1.29 is 0 Å². The third-order valence-corrected chi connectivity index (χ3v) is 3.07. The van der Waals surface area contributed by atoms with Crippen LogP contribution in [0.3, 0.4) is 0 Å². The summed E-state index contributed by atoms with van der Waals surface area (Å²) in [5.74, 6) is 2.88. The van der Waals surface area contributed by atoms with Crippen LogP contribution in [0.2, 0.25) is 0 Å². The topological polar surface area (TPSA) is 41.1 Å². The quantitative estimate of drug-likeness (QED) is 0.844. The van der Waals surface area contributed by atoms with Crippen molar-refractivity contribution in [3.05, 3.63) is 11.4 Å². The van der Waals surface area contributed by atoms with E-state index in [0.717, 1.165) is 29.6 Å². The van der Waals surface area contributed by atoms with E-state index in [1.807, 2.05) is 14.0 Å². The Morgan fingerprint density at radius 1 is 1.31 bits per heavy atom. The summed E-state index contributed by atoms with van der Waals surface area (Å²) in [7, 11) is 1.91. The van der Waals surface area contributed by atoms with Gasteiger partial charge in [-0.2, -0.15) is 0 Å². The van der Waals surface area contributed by atoms with Gasteiger partial charge in [0.05, 0.1) is 0 Å². The van der Waals surface area contributed by atoms with E-state index in [0.29, 0.717) is 6.04 Å². The SMILES string of the molecule is CCN(c1nc(C)nc(NC)c1C)C1CC1. The zero-order chi connectivity index (χ0) is 11.7. The van der Waals surface area contributed by atoms with Gasteiger partial charge in [0.15, 0.2) is 0 Å². The van der Waals surface area contributed by atoms with Crippen molar-refractivity contribution in [1.29, 1.82) is 0 Å². The van der Waals surface area contributed by atoms with Crippen LogP contribution in [0.5, 0.6) is 0 Å². The lowest BCUT2D eigenvalue weighted by atomic mass is 10.2. The Kier molecular flexibility index (Phi) is 2.99. The number of nitrogens with zero attached hydrogens (tertiary/aromatic N) is 3. The molecule has 0 unspecified atom stereocenters. The second-order valence-corrected chi connectivity index (χ2v) is 4.34. The summed E-state index contributed by atoms with van der Waals surface area (Å²) in [6.07, 6.45) is 2.59. The zero-order valence-electron chi connectivity index (χ0n) is 10.5. The third-order valence-electron chi connectivity index (χ3n) is 3.07. The molecule has 0 aliphatic heterocycles. The third kappa shape index (κ3) is 1.96. The van der Waals surface area contributed by atoms with Gasteiger partial charge in [-0.15, -0.1) is 0 Å². The van der Waals surface area contributed by atoms with Gasteiger partial charge in [0.2, 0.25) is 0 Å². The standard InChI is InChI=1S/C12H20N4/c1-5-16(10-6-7-10)12-8(2)11(13-4)14-9(3)15-12/h10H,5-7H2,1-4H3,(H,13,14,15). The molecule has 4 nitrogen and oxygen atoms in total. The fourth-order valence-corrected chi connectivity index (χ4v) is 2.10. The Hall–Kier alpha value is -1.32. The Labute approximate surface area is 97.1 Å². The summed E-state index contributed by atoms with van der Waals surface area (Å²) < 4.78 is 0. The molecule has 0 spiro atoms. The molecular weight excluding hydrogens is 200 g/mol. The van der Waals surface area contributed by atoms with Crippen LogP contribution >= 0.6 is 0 Å². The first-order chi connectivity index (χ1) is 7.67. The van der Waals surface area contributed by atoms with Crippen LogP contribution < -0.4 is 10.2 Å². The van der Waals surface area contributed by atoms with Crippen LogP contribution in [0.4, 0.5) is 11.6 Å². The number of hydrogen-bond donors (Lipinski definition) is 1. The van der Waals surface area contributed by atoms with Gasteiger partial charge < -0.3 is 10.2 Å². The van der Waals surface area contributed by atoms with E-state index in [4.69, 9.17) is 0 Å². The van der Waals surface area contributed by atoms with Gasteiger partial charge in [-0.25, -0.2) is 9.97 Å². The normalized spacial score (nSPS) is 15.0. The Morgan fingerprint density at radius 3 is 2.50 bits per heavy atom. The number of aryl methyl sites for hydroxylation is 1. The van der Waals surface area contributed by atoms with Crippen LogP contribution in [0, 0.1) is 13.8 Å². The molecule has 0 saturated heterocycles. The second-order valence-electron chi connectivity index (χ2n) is 4.34. The Balaban J connectivity index is 2.41. The van der Waals surface area contributed by atoms with Crippen molar-refractivity contribution in [2.45, 2.75) is 39.7 Å². The lowest BCUT2D eigenvalue weighted by molar-refractivity contribution is 0.794. The van der Waals surface area contributed by atoms with E-state index in [1.54, 1.807) is 0 Å². The molecule has 88 valence electrons. The molecule has 1 aliphatic carbocycles. The number of hydrogen-bond acceptors (Lipinski definition) is 4. The van der Waals surface area contributed by atoms with E-state index in [2.05, 4.69) is 34.0 Å². The Bertz CT molecular complexity index is 385. The van der Waals surface area contributed by atoms with Crippen LogP contribution in [-0.4, -0.2) is 29.6 Å². The van der Waals surface area contributed by atoms with Crippen LogP contribution in [0.15, 0.2) is 0 Å². The number of rotatable bonds is 4. The maximum absolute atomic E-state index is 4.59. The largest absolute Gasteiger partial charge is 0.373 e. The lowest BCUT2D eigenvalue weighted by Crippen LogP contribution is -2.27. The highest BCUT2D eigenvalue weighted by molar-refractivity contribution is 5.59. The predicted molar refractivity (Wildman–Crippen MR) is 67.1 cm³/mol. The van der Waals surface area contributed by atoms with Crippen LogP contribution in [0.25, 0.3) is 0 Å². The monoisotopic (exact) mass is 220 g/mol. The van der Waals surface area contributed by atoms with E-state index < -0.39 is 0 Å². The molecular formula is C12H20N4. The van der Waals surface area contributed by atoms with Crippen molar-refractivity contribution in [2.24, 2.45) is 0 Å². The summed E-state index contributed by atoms with van der Waals surface area (Å²) in [6, 6.07) is 0.697. The first-order valence-electron chi connectivity index (χ1n) is 5.97. The highest BCUT2D eigenvalue weighted by atomic mass is 15.2. The number of nitrogens with one attached hydrogen (secondary N) is 1. The molecule has 1 saturated carbocycles. The first-order valence-corrected chi connectivity index (χ1v) is 5.97. The molecule has 0 bridgehead atoms. The van der Waals surface area contributed by atoms with Crippen molar-refractivity contribution in [1.82, 2.24) is 9.97 Å². The minimum absolute atomic E-state index is 0.697. The van der Waals surface area contributed by atoms with Crippen LogP contribution in [-0.2, 0) is 0 Å². The van der Waals surface area contributed by atoms with Gasteiger partial charge >= 0.3 is 0 Å². The smallest absolute Gasteiger partial charge is 0.137 e. The molecule has 4 heteroatoms. The molecule has 1 heterocycles. The fourth-order valence-electron chi connectivity index (χ4n) is 2.10. The molecule has 0 amide bonds. The molecule has 16 heavy (non-hydrogen) atoms. The molecule has 1 aromatic rings. The van der Waals surface area contributed by atoms with Gasteiger partial charge in [0.25, 0.3) is 0 Å². The molecule has 1 N–H and O–H groups in total. The molecule has 1 aliphatic rings. The van der Waals surface area contributed by atoms with E-state index in [1.165, 1.54) is 12.8 Å². The number of anilines is 2. The number of aromatic nitrogens is 2. The maximum atomic E-state index is 4.59. The molecule has 2 rings (SSSR count). The summed E-state index contributed by atoms with van der Waals surface area (Å²) in [6.45, 7) is 7.25. The molecule has 1 aromatic heterocycles. The average Bonchev–Trinajstić information content (AvgIpc) is 3.08. The Morgan fingerprint density at radius 2 is 2.00 bits per heavy atom. The van der Waals surface area contributed by atoms with Gasteiger partial charge in [-0.1, -0.05) is 0 Å². The summed E-state index contributed by atoms with van der Waals surface area (Å²) >= 11 is 0. The first kappa shape index (κ1) is 11.2. The van der Waals surface area contributed by atoms with Crippen LogP contribution in [0.1, 0.15) is 31.2 Å². The van der Waals surface area contributed by atoms with Crippen molar-refractivity contribution in [3.63, 3.8) is 0 Å². The lowest BCUT2D eigenvalue weighted by Gasteiger charge is -2.24. The van der Waals surface area contributed by atoms with Crippen molar-refractivity contribution in [3.8, 4) is 0 Å². The van der Waals surface area contributed by atoms with E-state index >= 15 is 0 Å². The fraction of sp³-hybridized carbons (Fsp3) is 0.667. The maximum Gasteiger partial charge on any atom is 0.137 e. The van der Waals surface area contributed by atoms with Gasteiger partial charge in [-0.05, 0) is 33.6 Å². The second kappa shape index (κ2) is 4.28. The summed E-state index contributed by atoms with van der Waals surface area (Å²) in [5, 5.41) is 3.14. The average molecular weight is 220 g/mol. The summed E-state index contributed by atoms with van der Waals surface area (Å²) in [4.78, 5) is 11.4. The minimum Gasteiger partial charge on any atom is -0.373 e. The highest BCUT2D eigenvalue weighted by Crippen LogP contribution is 2.33. The molecule has 0 radical (unpaired) electrons. The predicted octanol–water partition coefficient (Wildman–Crippen LogP) is 2.12. The molecule has 0 aromatic carbocycles. The van der Waals surface area contributed by atoms with E-state index in [-0.39, 0.29) is 0 Å². The van der Waals surface area contributed by atoms with Gasteiger partial charge in [0.1, 0.15) is 17.5 Å². The van der Waals surface area contributed by atoms with Crippen molar-refractivity contribution in [2.75, 3.05) is 23.8 Å². The zero-order valence-corrected chi connectivity index (χ0v) is 10.5. The van der Waals surface area contributed by atoms with Gasteiger partial charge in [-0.3, -0.25) is 0 Å². The molecule has 0 atom stereocenters.